The first-order valence-electron chi connectivity index (χ1n) is 8.79. The molecule has 2 aromatic carbocycles. The Labute approximate surface area is 146 Å². The van der Waals surface area contributed by atoms with Crippen molar-refractivity contribution in [3.8, 4) is 5.75 Å². The van der Waals surface area contributed by atoms with Crippen LogP contribution in [0.25, 0.3) is 11.6 Å². The van der Waals surface area contributed by atoms with Crippen molar-refractivity contribution in [2.45, 2.75) is 26.7 Å². The predicted molar refractivity (Wildman–Crippen MR) is 104 cm³/mol. The van der Waals surface area contributed by atoms with Crippen LogP contribution in [0.4, 0.5) is 0 Å². The minimum atomic E-state index is 0.714. The number of ether oxygens (including phenoxy) is 1. The molecule has 2 rings (SSSR count). The number of allylic oxidation sites excluding steroid dienone is 1. The summed E-state index contributed by atoms with van der Waals surface area (Å²) < 4.78 is 5.75. The van der Waals surface area contributed by atoms with Gasteiger partial charge in [-0.15, -0.1) is 0 Å². The van der Waals surface area contributed by atoms with Gasteiger partial charge in [0.2, 0.25) is 0 Å². The molecule has 0 atom stereocenters. The van der Waals surface area contributed by atoms with Crippen molar-refractivity contribution in [1.29, 1.82) is 0 Å². The van der Waals surface area contributed by atoms with E-state index in [-0.39, 0.29) is 0 Å². The van der Waals surface area contributed by atoms with Crippen LogP contribution in [0.15, 0.2) is 48.5 Å². The van der Waals surface area contributed by atoms with Gasteiger partial charge in [-0.05, 0) is 61.3 Å². The number of likely N-dealkylation sites (N-methyl/N-ethyl adjacent to an activating group) is 1. The van der Waals surface area contributed by atoms with Crippen molar-refractivity contribution >= 4 is 11.6 Å². The predicted octanol–water partition coefficient (Wildman–Crippen LogP) is 5.14. The van der Waals surface area contributed by atoms with E-state index in [9.17, 15) is 0 Å². The largest absolute Gasteiger partial charge is 0.492 e. The molecular formula is C22H29NO. The van der Waals surface area contributed by atoms with E-state index in [1.165, 1.54) is 22.3 Å². The van der Waals surface area contributed by atoms with Gasteiger partial charge >= 0.3 is 0 Å². The standard InChI is InChI=1S/C22H29NO/c1-5-18-7-11-21(12-8-18)20(6-2)17-19-9-13-22(14-10-19)24-16-15-23(3)4/h7-14,17H,5-6,15-16H2,1-4H3. The lowest BCUT2D eigenvalue weighted by Gasteiger charge is -2.11. The lowest BCUT2D eigenvalue weighted by molar-refractivity contribution is 0.261. The van der Waals surface area contributed by atoms with Crippen LogP contribution in [-0.4, -0.2) is 32.1 Å². The number of hydrogen-bond donors (Lipinski definition) is 0. The molecule has 128 valence electrons. The number of hydrogen-bond acceptors (Lipinski definition) is 2. The van der Waals surface area contributed by atoms with Crippen LogP contribution in [-0.2, 0) is 6.42 Å². The number of nitrogens with zero attached hydrogens (tertiary/aromatic N) is 1. The summed E-state index contributed by atoms with van der Waals surface area (Å²) in [5, 5.41) is 0. The van der Waals surface area contributed by atoms with Crippen molar-refractivity contribution in [1.82, 2.24) is 4.90 Å². The van der Waals surface area contributed by atoms with E-state index in [1.54, 1.807) is 0 Å². The van der Waals surface area contributed by atoms with E-state index >= 15 is 0 Å². The SMILES string of the molecule is CCC(=Cc1ccc(OCCN(C)C)cc1)c1ccc(CC)cc1. The summed E-state index contributed by atoms with van der Waals surface area (Å²) in [6.45, 7) is 6.04. The number of benzene rings is 2. The molecule has 0 aliphatic rings. The molecule has 0 fully saturated rings. The lowest BCUT2D eigenvalue weighted by atomic mass is 9.99. The number of rotatable bonds is 8. The maximum atomic E-state index is 5.75. The van der Waals surface area contributed by atoms with Crippen molar-refractivity contribution in [2.75, 3.05) is 27.2 Å². The average molecular weight is 323 g/mol. The highest BCUT2D eigenvalue weighted by Gasteiger charge is 2.01. The third kappa shape index (κ3) is 5.54. The van der Waals surface area contributed by atoms with Gasteiger partial charge in [0, 0.05) is 6.54 Å². The second-order valence-electron chi connectivity index (χ2n) is 6.29. The Hall–Kier alpha value is -2.06. The van der Waals surface area contributed by atoms with Gasteiger partial charge in [-0.2, -0.15) is 0 Å². The third-order valence-corrected chi connectivity index (χ3v) is 4.14. The fourth-order valence-corrected chi connectivity index (χ4v) is 2.55. The van der Waals surface area contributed by atoms with Gasteiger partial charge in [0.05, 0.1) is 0 Å². The van der Waals surface area contributed by atoms with Crippen molar-refractivity contribution in [2.24, 2.45) is 0 Å². The summed E-state index contributed by atoms with van der Waals surface area (Å²) >= 11 is 0. The average Bonchev–Trinajstić information content (AvgIpc) is 2.61. The maximum Gasteiger partial charge on any atom is 0.119 e. The zero-order chi connectivity index (χ0) is 17.4. The molecule has 0 saturated heterocycles. The molecule has 2 heteroatoms. The van der Waals surface area contributed by atoms with E-state index < -0.39 is 0 Å². The van der Waals surface area contributed by atoms with Gasteiger partial charge in [0.15, 0.2) is 0 Å². The summed E-state index contributed by atoms with van der Waals surface area (Å²) in [7, 11) is 4.10. The first kappa shape index (κ1) is 18.3. The van der Waals surface area contributed by atoms with Crippen molar-refractivity contribution < 1.29 is 4.74 Å². The highest BCUT2D eigenvalue weighted by atomic mass is 16.5. The summed E-state index contributed by atoms with van der Waals surface area (Å²) in [5.41, 5.74) is 5.26. The van der Waals surface area contributed by atoms with Gasteiger partial charge < -0.3 is 9.64 Å². The molecule has 0 unspecified atom stereocenters. The molecular weight excluding hydrogens is 294 g/mol. The molecule has 2 nitrogen and oxygen atoms in total. The lowest BCUT2D eigenvalue weighted by Crippen LogP contribution is -2.19. The Morgan fingerprint density at radius 3 is 2.17 bits per heavy atom. The minimum absolute atomic E-state index is 0.714. The number of aryl methyl sites for hydroxylation is 1. The topological polar surface area (TPSA) is 12.5 Å². The quantitative estimate of drug-likeness (QED) is 0.624. The summed E-state index contributed by atoms with van der Waals surface area (Å²) in [6, 6.07) is 17.3. The van der Waals surface area contributed by atoms with Crippen molar-refractivity contribution in [3.05, 3.63) is 65.2 Å². The Balaban J connectivity index is 2.06. The van der Waals surface area contributed by atoms with Gasteiger partial charge in [-0.25, -0.2) is 0 Å². The Bertz CT molecular complexity index is 639. The van der Waals surface area contributed by atoms with E-state index in [1.807, 2.05) is 0 Å². The fraction of sp³-hybridized carbons (Fsp3) is 0.364. The monoisotopic (exact) mass is 323 g/mol. The first-order valence-corrected chi connectivity index (χ1v) is 8.79. The van der Waals surface area contributed by atoms with Gasteiger partial charge in [0.1, 0.15) is 12.4 Å². The molecule has 0 saturated carbocycles. The second-order valence-corrected chi connectivity index (χ2v) is 6.29. The molecule has 0 amide bonds. The van der Waals surface area contributed by atoms with Crippen LogP contribution >= 0.6 is 0 Å². The van der Waals surface area contributed by atoms with Gasteiger partial charge in [-0.1, -0.05) is 56.3 Å². The van der Waals surface area contributed by atoms with Crippen molar-refractivity contribution in [3.63, 3.8) is 0 Å². The highest BCUT2D eigenvalue weighted by Crippen LogP contribution is 2.23. The molecule has 0 bridgehead atoms. The normalized spacial score (nSPS) is 11.8. The highest BCUT2D eigenvalue weighted by molar-refractivity contribution is 5.81. The molecule has 0 aliphatic carbocycles. The minimum Gasteiger partial charge on any atom is -0.492 e. The summed E-state index contributed by atoms with van der Waals surface area (Å²) in [4.78, 5) is 2.12. The molecule has 0 radical (unpaired) electrons. The van der Waals surface area contributed by atoms with E-state index in [0.717, 1.165) is 25.1 Å². The maximum absolute atomic E-state index is 5.75. The molecule has 24 heavy (non-hydrogen) atoms. The van der Waals surface area contributed by atoms with E-state index in [0.29, 0.717) is 6.61 Å². The Morgan fingerprint density at radius 1 is 0.958 bits per heavy atom. The summed E-state index contributed by atoms with van der Waals surface area (Å²) in [5.74, 6) is 0.930. The molecule has 0 N–H and O–H groups in total. The molecule has 0 heterocycles. The first-order chi connectivity index (χ1) is 11.6. The fourth-order valence-electron chi connectivity index (χ4n) is 2.55. The van der Waals surface area contributed by atoms with Crippen LogP contribution in [0.1, 0.15) is 37.0 Å². The van der Waals surface area contributed by atoms with Crippen LogP contribution in [0, 0.1) is 0 Å². The third-order valence-electron chi connectivity index (χ3n) is 4.14. The van der Waals surface area contributed by atoms with Crippen LogP contribution < -0.4 is 4.74 Å². The van der Waals surface area contributed by atoms with E-state index in [4.69, 9.17) is 4.74 Å². The zero-order valence-electron chi connectivity index (χ0n) is 15.4. The van der Waals surface area contributed by atoms with E-state index in [2.05, 4.69) is 87.4 Å². The molecule has 2 aromatic rings. The van der Waals surface area contributed by atoms with Gasteiger partial charge in [0.25, 0.3) is 0 Å². The molecule has 0 aliphatic heterocycles. The van der Waals surface area contributed by atoms with Gasteiger partial charge in [-0.3, -0.25) is 0 Å². The smallest absolute Gasteiger partial charge is 0.119 e. The Morgan fingerprint density at radius 2 is 1.62 bits per heavy atom. The van der Waals surface area contributed by atoms with Crippen LogP contribution in [0.3, 0.4) is 0 Å². The zero-order valence-corrected chi connectivity index (χ0v) is 15.4. The molecule has 0 aromatic heterocycles. The second kappa shape index (κ2) is 9.29. The molecule has 0 spiro atoms. The van der Waals surface area contributed by atoms with Crippen LogP contribution in [0.5, 0.6) is 5.75 Å². The Kier molecular flexibility index (Phi) is 7.07. The summed E-state index contributed by atoms with van der Waals surface area (Å²) in [6.07, 6.45) is 4.37. The van der Waals surface area contributed by atoms with Crippen LogP contribution in [0.2, 0.25) is 0 Å².